The van der Waals surface area contributed by atoms with Gasteiger partial charge in [-0.05, 0) is 35.1 Å². The Bertz CT molecular complexity index is 432. The van der Waals surface area contributed by atoms with Crippen LogP contribution in [0, 0.1) is 11.3 Å². The second kappa shape index (κ2) is 4.66. The third-order valence-electron chi connectivity index (χ3n) is 3.10. The van der Waals surface area contributed by atoms with Crippen LogP contribution >= 0.6 is 0 Å². The second-order valence-electron chi connectivity index (χ2n) is 6.29. The predicted molar refractivity (Wildman–Crippen MR) is 65.0 cm³/mol. The molecule has 1 fully saturated rings. The first-order valence-electron chi connectivity index (χ1n) is 6.36. The average Bonchev–Trinajstić information content (AvgIpc) is 2.97. The zero-order valence-corrected chi connectivity index (χ0v) is 11.1. The molecule has 0 saturated heterocycles. The van der Waals surface area contributed by atoms with E-state index >= 15 is 0 Å². The first-order valence-corrected chi connectivity index (χ1v) is 6.36. The van der Waals surface area contributed by atoms with Crippen molar-refractivity contribution in [2.75, 3.05) is 0 Å². The van der Waals surface area contributed by atoms with E-state index in [1.165, 1.54) is 0 Å². The maximum atomic E-state index is 11.3. The van der Waals surface area contributed by atoms with Crippen LogP contribution in [0.5, 0.6) is 0 Å². The molecule has 0 aliphatic heterocycles. The number of hydrogen-bond donors (Lipinski definition) is 1. The number of rotatable bonds is 5. The molecule has 1 N–H and O–H groups in total. The lowest BCUT2D eigenvalue weighted by molar-refractivity contribution is -0.143. The maximum Gasteiger partial charge on any atom is 0.308 e. The summed E-state index contributed by atoms with van der Waals surface area (Å²) < 4.78 is 1.67. The molecule has 1 atom stereocenters. The molecule has 1 aromatic heterocycles. The van der Waals surface area contributed by atoms with Gasteiger partial charge >= 0.3 is 5.97 Å². The molecule has 0 radical (unpaired) electrons. The van der Waals surface area contributed by atoms with E-state index in [-0.39, 0.29) is 5.41 Å². The minimum atomic E-state index is -0.776. The quantitative estimate of drug-likeness (QED) is 0.862. The maximum absolute atomic E-state index is 11.3. The molecular weight excluding hydrogens is 232 g/mol. The van der Waals surface area contributed by atoms with E-state index in [9.17, 15) is 9.90 Å². The molecule has 18 heavy (non-hydrogen) atoms. The summed E-state index contributed by atoms with van der Waals surface area (Å²) >= 11 is 0. The molecule has 1 aliphatic rings. The molecule has 0 spiro atoms. The van der Waals surface area contributed by atoms with Gasteiger partial charge in [0.1, 0.15) is 0 Å². The molecule has 0 aromatic carbocycles. The summed E-state index contributed by atoms with van der Waals surface area (Å²) in [5, 5.41) is 20.9. The number of tetrazole rings is 1. The molecule has 0 bridgehead atoms. The molecular formula is C12H20N4O2. The van der Waals surface area contributed by atoms with Crippen LogP contribution < -0.4 is 0 Å². The summed E-state index contributed by atoms with van der Waals surface area (Å²) in [6.07, 6.45) is 2.83. The fraction of sp³-hybridized carbons (Fsp3) is 0.833. The number of carbonyl (C=O) groups is 1. The number of aliphatic carboxylic acids is 1. The average molecular weight is 252 g/mol. The molecule has 1 aromatic rings. The third-order valence-corrected chi connectivity index (χ3v) is 3.10. The van der Waals surface area contributed by atoms with Crippen LogP contribution in [-0.2, 0) is 11.3 Å². The van der Waals surface area contributed by atoms with Crippen molar-refractivity contribution >= 4 is 5.97 Å². The van der Waals surface area contributed by atoms with Gasteiger partial charge in [0.15, 0.2) is 5.82 Å². The van der Waals surface area contributed by atoms with Gasteiger partial charge in [0.05, 0.1) is 12.5 Å². The van der Waals surface area contributed by atoms with Crippen molar-refractivity contribution in [1.29, 1.82) is 0 Å². The fourth-order valence-corrected chi connectivity index (χ4v) is 2.15. The van der Waals surface area contributed by atoms with Gasteiger partial charge in [-0.2, -0.15) is 0 Å². The van der Waals surface area contributed by atoms with Gasteiger partial charge < -0.3 is 5.11 Å². The Morgan fingerprint density at radius 1 is 1.50 bits per heavy atom. The largest absolute Gasteiger partial charge is 0.481 e. The summed E-state index contributed by atoms with van der Waals surface area (Å²) in [4.78, 5) is 11.3. The van der Waals surface area contributed by atoms with E-state index in [1.807, 2.05) is 20.8 Å². The van der Waals surface area contributed by atoms with Gasteiger partial charge in [-0.15, -0.1) is 5.10 Å². The normalized spacial score (nSPS) is 17.7. The van der Waals surface area contributed by atoms with E-state index in [4.69, 9.17) is 0 Å². The zero-order valence-electron chi connectivity index (χ0n) is 11.1. The lowest BCUT2D eigenvalue weighted by atomic mass is 9.84. The van der Waals surface area contributed by atoms with E-state index in [1.54, 1.807) is 4.68 Å². The molecule has 1 heterocycles. The smallest absolute Gasteiger partial charge is 0.308 e. The highest BCUT2D eigenvalue weighted by atomic mass is 16.4. The lowest BCUT2D eigenvalue weighted by Gasteiger charge is -2.23. The van der Waals surface area contributed by atoms with Crippen LogP contribution in [0.2, 0.25) is 0 Å². The van der Waals surface area contributed by atoms with Crippen molar-refractivity contribution in [1.82, 2.24) is 20.2 Å². The highest BCUT2D eigenvalue weighted by Gasteiger charge is 2.32. The number of carboxylic acids is 1. The van der Waals surface area contributed by atoms with Crippen molar-refractivity contribution in [2.24, 2.45) is 11.3 Å². The van der Waals surface area contributed by atoms with Crippen LogP contribution in [-0.4, -0.2) is 31.3 Å². The fourth-order valence-electron chi connectivity index (χ4n) is 2.15. The third kappa shape index (κ3) is 3.27. The van der Waals surface area contributed by atoms with E-state index < -0.39 is 11.9 Å². The van der Waals surface area contributed by atoms with Gasteiger partial charge in [-0.25, -0.2) is 4.68 Å². The monoisotopic (exact) mass is 252 g/mol. The van der Waals surface area contributed by atoms with Crippen LogP contribution in [0.15, 0.2) is 0 Å². The Morgan fingerprint density at radius 2 is 2.17 bits per heavy atom. The minimum absolute atomic E-state index is 0.0171. The van der Waals surface area contributed by atoms with Crippen LogP contribution in [0.1, 0.15) is 51.8 Å². The number of aromatic nitrogens is 4. The summed E-state index contributed by atoms with van der Waals surface area (Å²) in [5.41, 5.74) is -0.0171. The SMILES string of the molecule is CC(C)(C)CC(Cn1nnnc1C1CC1)C(=O)O. The molecule has 6 heteroatoms. The van der Waals surface area contributed by atoms with Crippen molar-refractivity contribution in [2.45, 2.75) is 52.5 Å². The summed E-state index contributed by atoms with van der Waals surface area (Å²) in [6, 6.07) is 0. The van der Waals surface area contributed by atoms with Crippen molar-refractivity contribution < 1.29 is 9.90 Å². The highest BCUT2D eigenvalue weighted by Crippen LogP contribution is 2.38. The first kappa shape index (κ1) is 13.0. The minimum Gasteiger partial charge on any atom is -0.481 e. The molecule has 1 unspecified atom stereocenters. The summed E-state index contributed by atoms with van der Waals surface area (Å²) in [5.74, 6) is 0.0624. The van der Waals surface area contributed by atoms with Gasteiger partial charge in [-0.1, -0.05) is 20.8 Å². The van der Waals surface area contributed by atoms with Gasteiger partial charge in [0.2, 0.25) is 0 Å². The zero-order chi connectivity index (χ0) is 13.3. The van der Waals surface area contributed by atoms with Crippen LogP contribution in [0.25, 0.3) is 0 Å². The predicted octanol–water partition coefficient (Wildman–Crippen LogP) is 1.69. The summed E-state index contributed by atoms with van der Waals surface area (Å²) in [7, 11) is 0. The molecule has 1 saturated carbocycles. The number of hydrogen-bond acceptors (Lipinski definition) is 4. The Hall–Kier alpha value is -1.46. The van der Waals surface area contributed by atoms with E-state index in [0.717, 1.165) is 18.7 Å². The van der Waals surface area contributed by atoms with Crippen LogP contribution in [0.3, 0.4) is 0 Å². The lowest BCUT2D eigenvalue weighted by Crippen LogP contribution is -2.26. The highest BCUT2D eigenvalue weighted by molar-refractivity contribution is 5.69. The van der Waals surface area contributed by atoms with E-state index in [2.05, 4.69) is 15.5 Å². The molecule has 6 nitrogen and oxygen atoms in total. The van der Waals surface area contributed by atoms with E-state index in [0.29, 0.717) is 18.9 Å². The topological polar surface area (TPSA) is 80.9 Å². The standard InChI is InChI=1S/C12H20N4O2/c1-12(2,3)6-9(11(17)18)7-16-10(8-4-5-8)13-14-15-16/h8-9H,4-7H2,1-3H3,(H,17,18). The molecule has 1 aliphatic carbocycles. The molecule has 0 amide bonds. The van der Waals surface area contributed by atoms with Gasteiger partial charge in [0.25, 0.3) is 0 Å². The molecule has 100 valence electrons. The Kier molecular flexibility index (Phi) is 3.36. The van der Waals surface area contributed by atoms with Crippen LogP contribution in [0.4, 0.5) is 0 Å². The van der Waals surface area contributed by atoms with Gasteiger partial charge in [0, 0.05) is 5.92 Å². The number of nitrogens with zero attached hydrogens (tertiary/aromatic N) is 4. The molecule has 2 rings (SSSR count). The Morgan fingerprint density at radius 3 is 2.67 bits per heavy atom. The van der Waals surface area contributed by atoms with Crippen molar-refractivity contribution in [3.05, 3.63) is 5.82 Å². The summed E-state index contributed by atoms with van der Waals surface area (Å²) in [6.45, 7) is 6.50. The van der Waals surface area contributed by atoms with Gasteiger partial charge in [-0.3, -0.25) is 4.79 Å². The second-order valence-corrected chi connectivity index (χ2v) is 6.29. The first-order chi connectivity index (χ1) is 8.37. The number of carboxylic acid groups (broad SMARTS) is 1. The Balaban J connectivity index is 2.08. The van der Waals surface area contributed by atoms with Crippen molar-refractivity contribution in [3.63, 3.8) is 0 Å². The van der Waals surface area contributed by atoms with Crippen molar-refractivity contribution in [3.8, 4) is 0 Å². The Labute approximate surface area is 106 Å².